The molecule has 2 aliphatic rings. The molecule has 0 spiro atoms. The third kappa shape index (κ3) is 4.84. The zero-order valence-electron chi connectivity index (χ0n) is 19.2. The molecule has 186 valence electrons. The fraction of sp³-hybridized carbons (Fsp3) is 0.400. The number of rotatable bonds is 7. The van der Waals surface area contributed by atoms with Crippen LogP contribution in [0.5, 0.6) is 0 Å². The number of amides is 2. The monoisotopic (exact) mass is 504 g/mol. The largest absolute Gasteiger partial charge is 0.480 e. The van der Waals surface area contributed by atoms with E-state index in [0.29, 0.717) is 0 Å². The van der Waals surface area contributed by atoms with Crippen LogP contribution in [0.4, 0.5) is 13.6 Å². The minimum atomic E-state index is -3.99. The van der Waals surface area contributed by atoms with Gasteiger partial charge in [-0.3, -0.25) is 4.79 Å². The number of carbonyl (C=O) groups is 3. The molecule has 1 saturated heterocycles. The van der Waals surface area contributed by atoms with Crippen molar-refractivity contribution in [2.45, 2.75) is 37.1 Å². The van der Waals surface area contributed by atoms with Gasteiger partial charge in [-0.2, -0.15) is 8.78 Å². The lowest BCUT2D eigenvalue weighted by atomic mass is 9.98. The lowest BCUT2D eigenvalue weighted by molar-refractivity contribution is -0.165. The first kappa shape index (κ1) is 25.0. The van der Waals surface area contributed by atoms with Crippen LogP contribution in [-0.4, -0.2) is 64.2 Å². The van der Waals surface area contributed by atoms with Crippen molar-refractivity contribution in [3.63, 3.8) is 0 Å². The number of alkyl carbamates (subject to hydrolysis) is 1. The highest BCUT2D eigenvalue weighted by atomic mass is 32.2. The van der Waals surface area contributed by atoms with Crippen LogP contribution in [0.25, 0.3) is 11.1 Å². The minimum Gasteiger partial charge on any atom is -0.480 e. The van der Waals surface area contributed by atoms with Gasteiger partial charge in [0.1, 0.15) is 12.6 Å². The standard InChI is InChI=1S/C25H26F2N2O5S/c1-14(2)21-29(20(12-35-21)22(30)31)23(32)25(26,27)13-28-24(33)34-11-19-17-9-5-3-7-15(17)16-8-4-6-10-18(16)19/h3-10,14,19-21H,11-13H2,1-2H3,(H,28,33)(H,30,31). The normalized spacial score (nSPS) is 19.4. The number of halogens is 2. The molecule has 2 aromatic carbocycles. The fourth-order valence-electron chi connectivity index (χ4n) is 4.59. The van der Waals surface area contributed by atoms with E-state index in [1.54, 1.807) is 13.8 Å². The number of ether oxygens (including phenoxy) is 1. The van der Waals surface area contributed by atoms with Gasteiger partial charge >= 0.3 is 18.0 Å². The maximum atomic E-state index is 14.8. The van der Waals surface area contributed by atoms with Crippen molar-refractivity contribution in [1.82, 2.24) is 10.2 Å². The van der Waals surface area contributed by atoms with Crippen LogP contribution in [0, 0.1) is 5.92 Å². The Morgan fingerprint density at radius 2 is 1.69 bits per heavy atom. The van der Waals surface area contributed by atoms with E-state index < -0.39 is 41.9 Å². The molecule has 2 N–H and O–H groups in total. The molecular weight excluding hydrogens is 478 g/mol. The van der Waals surface area contributed by atoms with Crippen molar-refractivity contribution >= 4 is 29.7 Å². The van der Waals surface area contributed by atoms with Crippen LogP contribution < -0.4 is 5.32 Å². The third-order valence-corrected chi connectivity index (χ3v) is 7.86. The highest BCUT2D eigenvalue weighted by molar-refractivity contribution is 8.00. The maximum absolute atomic E-state index is 14.8. The topological polar surface area (TPSA) is 95.9 Å². The third-order valence-electron chi connectivity index (χ3n) is 6.24. The molecule has 35 heavy (non-hydrogen) atoms. The second-order valence-electron chi connectivity index (χ2n) is 8.92. The Bertz CT molecular complexity index is 1100. The zero-order valence-corrected chi connectivity index (χ0v) is 20.1. The summed E-state index contributed by atoms with van der Waals surface area (Å²) in [6.45, 7) is 2.12. The molecule has 7 nitrogen and oxygen atoms in total. The van der Waals surface area contributed by atoms with E-state index in [2.05, 4.69) is 0 Å². The van der Waals surface area contributed by atoms with Gasteiger partial charge in [-0.15, -0.1) is 11.8 Å². The van der Waals surface area contributed by atoms with Crippen molar-refractivity contribution in [3.8, 4) is 11.1 Å². The number of hydrogen-bond acceptors (Lipinski definition) is 5. The van der Waals surface area contributed by atoms with E-state index in [1.165, 1.54) is 0 Å². The van der Waals surface area contributed by atoms with Crippen molar-refractivity contribution in [2.75, 3.05) is 18.9 Å². The molecule has 1 aliphatic carbocycles. The van der Waals surface area contributed by atoms with E-state index in [4.69, 9.17) is 4.74 Å². The predicted octanol–water partition coefficient (Wildman–Crippen LogP) is 4.17. The first-order chi connectivity index (χ1) is 16.6. The molecule has 0 saturated carbocycles. The molecule has 2 atom stereocenters. The number of alkyl halides is 2. The summed E-state index contributed by atoms with van der Waals surface area (Å²) in [6, 6.07) is 14.1. The predicted molar refractivity (Wildman–Crippen MR) is 127 cm³/mol. The summed E-state index contributed by atoms with van der Waals surface area (Å²) >= 11 is 1.15. The van der Waals surface area contributed by atoms with E-state index in [1.807, 2.05) is 53.8 Å². The van der Waals surface area contributed by atoms with Crippen LogP contribution in [0.1, 0.15) is 30.9 Å². The SMILES string of the molecule is CC(C)C1SCC(C(=O)O)N1C(=O)C(F)(F)CNC(=O)OCC1c2ccccc2-c2ccccc21. The molecule has 2 amide bonds. The molecule has 1 fully saturated rings. The summed E-state index contributed by atoms with van der Waals surface area (Å²) < 4.78 is 34.8. The molecule has 2 aromatic rings. The minimum absolute atomic E-state index is 0.0276. The molecular formula is C25H26F2N2O5S. The summed E-state index contributed by atoms with van der Waals surface area (Å²) in [6.07, 6.45) is -1.08. The Morgan fingerprint density at radius 1 is 1.11 bits per heavy atom. The highest BCUT2D eigenvalue weighted by Crippen LogP contribution is 2.44. The number of carboxylic acids is 1. The van der Waals surface area contributed by atoms with Gasteiger partial charge in [0.15, 0.2) is 0 Å². The van der Waals surface area contributed by atoms with Gasteiger partial charge in [0.2, 0.25) is 0 Å². The summed E-state index contributed by atoms with van der Waals surface area (Å²) in [5.41, 5.74) is 4.02. The smallest absolute Gasteiger partial charge is 0.407 e. The number of nitrogens with one attached hydrogen (secondary N) is 1. The average molecular weight is 505 g/mol. The number of fused-ring (bicyclic) bond motifs is 3. The van der Waals surface area contributed by atoms with E-state index in [-0.39, 0.29) is 24.2 Å². The summed E-state index contributed by atoms with van der Waals surface area (Å²) in [7, 11) is 0. The second-order valence-corrected chi connectivity index (χ2v) is 10.1. The maximum Gasteiger partial charge on any atom is 0.407 e. The first-order valence-electron chi connectivity index (χ1n) is 11.3. The van der Waals surface area contributed by atoms with Gasteiger partial charge in [0.05, 0.1) is 11.9 Å². The second kappa shape index (κ2) is 9.85. The quantitative estimate of drug-likeness (QED) is 0.588. The van der Waals surface area contributed by atoms with Crippen molar-refractivity contribution < 1.29 is 33.0 Å². The van der Waals surface area contributed by atoms with Crippen LogP contribution in [-0.2, 0) is 14.3 Å². The fourth-order valence-corrected chi connectivity index (χ4v) is 6.06. The molecule has 0 radical (unpaired) electrons. The van der Waals surface area contributed by atoms with E-state index >= 15 is 0 Å². The Morgan fingerprint density at radius 3 is 2.23 bits per heavy atom. The Hall–Kier alpha value is -3.14. The van der Waals surface area contributed by atoms with E-state index in [0.717, 1.165) is 38.9 Å². The van der Waals surface area contributed by atoms with Gasteiger partial charge in [-0.05, 0) is 28.2 Å². The summed E-state index contributed by atoms with van der Waals surface area (Å²) in [5, 5.41) is 10.7. The van der Waals surface area contributed by atoms with Crippen molar-refractivity contribution in [3.05, 3.63) is 59.7 Å². The number of benzene rings is 2. The highest BCUT2D eigenvalue weighted by Gasteiger charge is 2.51. The van der Waals surface area contributed by atoms with Gasteiger partial charge < -0.3 is 20.1 Å². The Balaban J connectivity index is 1.39. The number of hydrogen-bond donors (Lipinski definition) is 2. The lowest BCUT2D eigenvalue weighted by Gasteiger charge is -2.32. The van der Waals surface area contributed by atoms with Gasteiger partial charge in [0, 0.05) is 11.7 Å². The molecule has 0 aromatic heterocycles. The van der Waals surface area contributed by atoms with Crippen molar-refractivity contribution in [1.29, 1.82) is 0 Å². The molecule has 1 heterocycles. The first-order valence-corrected chi connectivity index (χ1v) is 12.3. The zero-order chi connectivity index (χ0) is 25.3. The Kier molecular flexibility index (Phi) is 7.02. The number of thioether (sulfide) groups is 1. The molecule has 0 bridgehead atoms. The number of carboxylic acid groups (broad SMARTS) is 1. The van der Waals surface area contributed by atoms with Gasteiger partial charge in [0.25, 0.3) is 5.91 Å². The van der Waals surface area contributed by atoms with Crippen LogP contribution in [0.3, 0.4) is 0 Å². The molecule has 1 aliphatic heterocycles. The Labute approximate surface area is 205 Å². The summed E-state index contributed by atoms with van der Waals surface area (Å²) in [5.74, 6) is -7.38. The molecule has 4 rings (SSSR count). The van der Waals surface area contributed by atoms with Gasteiger partial charge in [-0.25, -0.2) is 9.59 Å². The average Bonchev–Trinajstić information content (AvgIpc) is 3.41. The van der Waals surface area contributed by atoms with Crippen LogP contribution in [0.15, 0.2) is 48.5 Å². The number of aliphatic carboxylic acids is 1. The van der Waals surface area contributed by atoms with Crippen LogP contribution >= 0.6 is 11.8 Å². The van der Waals surface area contributed by atoms with Gasteiger partial charge in [-0.1, -0.05) is 62.4 Å². The lowest BCUT2D eigenvalue weighted by Crippen LogP contribution is -2.56. The van der Waals surface area contributed by atoms with Crippen molar-refractivity contribution in [2.24, 2.45) is 5.92 Å². The van der Waals surface area contributed by atoms with E-state index in [9.17, 15) is 28.3 Å². The van der Waals surface area contributed by atoms with Crippen LogP contribution in [0.2, 0.25) is 0 Å². The number of carbonyl (C=O) groups excluding carboxylic acids is 2. The molecule has 10 heteroatoms. The summed E-state index contributed by atoms with van der Waals surface area (Å²) in [4.78, 5) is 37.2. The number of nitrogens with zero attached hydrogens (tertiary/aromatic N) is 1. The molecule has 2 unspecified atom stereocenters.